The lowest BCUT2D eigenvalue weighted by atomic mass is 9.87. The molecular weight excluding hydrogens is 453 g/mol. The second-order valence-corrected chi connectivity index (χ2v) is 7.97. The normalized spacial score (nSPS) is 17.4. The van der Waals surface area contributed by atoms with Gasteiger partial charge < -0.3 is 19.7 Å². The van der Waals surface area contributed by atoms with Gasteiger partial charge in [-0.1, -0.05) is 32.9 Å². The molecule has 1 saturated heterocycles. The van der Waals surface area contributed by atoms with Gasteiger partial charge in [-0.15, -0.1) is 24.0 Å². The Morgan fingerprint density at radius 1 is 1.37 bits per heavy atom. The number of rotatable bonds is 7. The molecule has 1 fully saturated rings. The zero-order chi connectivity index (χ0) is 19.0. The van der Waals surface area contributed by atoms with Crippen LogP contribution in [-0.2, 0) is 10.2 Å². The number of guanidine groups is 1. The van der Waals surface area contributed by atoms with Gasteiger partial charge in [-0.3, -0.25) is 0 Å². The van der Waals surface area contributed by atoms with Crippen molar-refractivity contribution >= 4 is 29.9 Å². The Labute approximate surface area is 181 Å². The highest BCUT2D eigenvalue weighted by Gasteiger charge is 2.19. The van der Waals surface area contributed by atoms with Crippen molar-refractivity contribution in [2.24, 2.45) is 10.9 Å². The van der Waals surface area contributed by atoms with Crippen LogP contribution in [0.3, 0.4) is 0 Å². The van der Waals surface area contributed by atoms with E-state index in [4.69, 9.17) is 14.5 Å². The Kier molecular flexibility index (Phi) is 10.4. The third-order valence-electron chi connectivity index (χ3n) is 4.57. The summed E-state index contributed by atoms with van der Waals surface area (Å²) in [5.74, 6) is 2.45. The molecule has 0 aliphatic carbocycles. The van der Waals surface area contributed by atoms with Crippen molar-refractivity contribution in [2.45, 2.75) is 39.5 Å². The Morgan fingerprint density at radius 3 is 2.78 bits per heavy atom. The summed E-state index contributed by atoms with van der Waals surface area (Å²) in [5, 5.41) is 3.36. The van der Waals surface area contributed by atoms with Gasteiger partial charge in [0.1, 0.15) is 12.4 Å². The van der Waals surface area contributed by atoms with Crippen LogP contribution in [0, 0.1) is 5.92 Å². The Balaban J connectivity index is 0.00000364. The zero-order valence-electron chi connectivity index (χ0n) is 17.5. The number of hydrogen-bond donors (Lipinski definition) is 1. The van der Waals surface area contributed by atoms with Gasteiger partial charge in [0, 0.05) is 32.7 Å². The zero-order valence-corrected chi connectivity index (χ0v) is 19.8. The Bertz CT molecular complexity index is 581. The van der Waals surface area contributed by atoms with E-state index >= 15 is 0 Å². The fourth-order valence-electron chi connectivity index (χ4n) is 3.04. The number of ether oxygens (including phenoxy) is 2. The van der Waals surface area contributed by atoms with Gasteiger partial charge in [-0.25, -0.2) is 4.99 Å². The SMILES string of the molecule is CCNC(=NCCOc1cccc(C(C)(C)C)c1)N(C)CC1CCOC1.I. The molecule has 2 rings (SSSR count). The van der Waals surface area contributed by atoms with Crippen LogP contribution in [0.4, 0.5) is 0 Å². The maximum Gasteiger partial charge on any atom is 0.193 e. The second-order valence-electron chi connectivity index (χ2n) is 7.97. The van der Waals surface area contributed by atoms with E-state index < -0.39 is 0 Å². The number of benzene rings is 1. The number of aliphatic imine (C=N–C) groups is 1. The summed E-state index contributed by atoms with van der Waals surface area (Å²) in [6, 6.07) is 8.34. The van der Waals surface area contributed by atoms with Crippen LogP contribution in [-0.4, -0.2) is 57.4 Å². The number of halogens is 1. The van der Waals surface area contributed by atoms with Crippen molar-refractivity contribution in [1.29, 1.82) is 0 Å². The summed E-state index contributed by atoms with van der Waals surface area (Å²) in [6.07, 6.45) is 1.14. The summed E-state index contributed by atoms with van der Waals surface area (Å²) in [7, 11) is 2.09. The molecule has 0 radical (unpaired) electrons. The minimum Gasteiger partial charge on any atom is -0.492 e. The summed E-state index contributed by atoms with van der Waals surface area (Å²) in [5.41, 5.74) is 1.41. The topological polar surface area (TPSA) is 46.1 Å². The van der Waals surface area contributed by atoms with Crippen LogP contribution >= 0.6 is 24.0 Å². The van der Waals surface area contributed by atoms with E-state index in [0.717, 1.165) is 44.4 Å². The average molecular weight is 489 g/mol. The van der Waals surface area contributed by atoms with Gasteiger partial charge in [0.05, 0.1) is 13.2 Å². The molecule has 0 saturated carbocycles. The lowest BCUT2D eigenvalue weighted by Crippen LogP contribution is -2.41. The van der Waals surface area contributed by atoms with Gasteiger partial charge >= 0.3 is 0 Å². The summed E-state index contributed by atoms with van der Waals surface area (Å²) in [4.78, 5) is 6.90. The molecule has 0 bridgehead atoms. The molecule has 0 spiro atoms. The van der Waals surface area contributed by atoms with Crippen molar-refractivity contribution < 1.29 is 9.47 Å². The van der Waals surface area contributed by atoms with E-state index in [-0.39, 0.29) is 29.4 Å². The van der Waals surface area contributed by atoms with E-state index in [0.29, 0.717) is 19.1 Å². The molecule has 154 valence electrons. The molecule has 0 amide bonds. The molecule has 1 heterocycles. The molecule has 0 aromatic heterocycles. The van der Waals surface area contributed by atoms with Crippen LogP contribution in [0.15, 0.2) is 29.3 Å². The molecular formula is C21H36IN3O2. The first kappa shape index (κ1) is 24.0. The van der Waals surface area contributed by atoms with Crippen molar-refractivity contribution in [2.75, 3.05) is 46.5 Å². The second kappa shape index (κ2) is 11.7. The first-order valence-corrected chi connectivity index (χ1v) is 9.70. The average Bonchev–Trinajstić information content (AvgIpc) is 3.10. The number of hydrogen-bond acceptors (Lipinski definition) is 3. The Morgan fingerprint density at radius 2 is 2.15 bits per heavy atom. The van der Waals surface area contributed by atoms with E-state index in [1.165, 1.54) is 5.56 Å². The highest BCUT2D eigenvalue weighted by Crippen LogP contribution is 2.25. The highest BCUT2D eigenvalue weighted by atomic mass is 127. The molecule has 1 aromatic rings. The molecule has 6 heteroatoms. The van der Waals surface area contributed by atoms with Crippen molar-refractivity contribution in [3.8, 4) is 5.75 Å². The van der Waals surface area contributed by atoms with Crippen LogP contribution in [0.5, 0.6) is 5.75 Å². The van der Waals surface area contributed by atoms with Gasteiger partial charge in [0.2, 0.25) is 0 Å². The standard InChI is InChI=1S/C21H35N3O2.HI/c1-6-22-20(24(5)15-17-10-12-25-16-17)23-11-13-26-19-9-7-8-18(14-19)21(2,3)4;/h7-9,14,17H,6,10-13,15-16H2,1-5H3,(H,22,23);1H. The monoisotopic (exact) mass is 489 g/mol. The Hall–Kier alpha value is -1.02. The van der Waals surface area contributed by atoms with E-state index in [9.17, 15) is 0 Å². The first-order valence-electron chi connectivity index (χ1n) is 9.70. The summed E-state index contributed by atoms with van der Waals surface area (Å²) in [6.45, 7) is 13.5. The van der Waals surface area contributed by atoms with E-state index in [1.54, 1.807) is 0 Å². The van der Waals surface area contributed by atoms with Crippen molar-refractivity contribution in [1.82, 2.24) is 10.2 Å². The highest BCUT2D eigenvalue weighted by molar-refractivity contribution is 14.0. The van der Waals surface area contributed by atoms with E-state index in [1.807, 2.05) is 6.07 Å². The largest absolute Gasteiger partial charge is 0.492 e. The van der Waals surface area contributed by atoms with Gasteiger partial charge in [0.15, 0.2) is 5.96 Å². The third kappa shape index (κ3) is 8.25. The molecule has 5 nitrogen and oxygen atoms in total. The molecule has 1 aliphatic rings. The molecule has 1 atom stereocenters. The molecule has 1 N–H and O–H groups in total. The lowest BCUT2D eigenvalue weighted by molar-refractivity contribution is 0.181. The van der Waals surface area contributed by atoms with Gasteiger partial charge in [0.25, 0.3) is 0 Å². The molecule has 1 aromatic carbocycles. The third-order valence-corrected chi connectivity index (χ3v) is 4.57. The molecule has 1 unspecified atom stereocenters. The lowest BCUT2D eigenvalue weighted by Gasteiger charge is -2.24. The maximum atomic E-state index is 5.91. The smallest absolute Gasteiger partial charge is 0.193 e. The quantitative estimate of drug-likeness (QED) is 0.273. The molecule has 27 heavy (non-hydrogen) atoms. The summed E-state index contributed by atoms with van der Waals surface area (Å²) >= 11 is 0. The number of nitrogens with zero attached hydrogens (tertiary/aromatic N) is 2. The minimum absolute atomic E-state index is 0. The predicted octanol–water partition coefficient (Wildman–Crippen LogP) is 3.91. The van der Waals surface area contributed by atoms with Crippen molar-refractivity contribution in [3.05, 3.63) is 29.8 Å². The fraction of sp³-hybridized carbons (Fsp3) is 0.667. The van der Waals surface area contributed by atoms with Crippen LogP contribution in [0.2, 0.25) is 0 Å². The van der Waals surface area contributed by atoms with Crippen LogP contribution in [0.25, 0.3) is 0 Å². The fourth-order valence-corrected chi connectivity index (χ4v) is 3.04. The minimum atomic E-state index is 0. The predicted molar refractivity (Wildman–Crippen MR) is 124 cm³/mol. The van der Waals surface area contributed by atoms with Crippen molar-refractivity contribution in [3.63, 3.8) is 0 Å². The number of nitrogens with one attached hydrogen (secondary N) is 1. The van der Waals surface area contributed by atoms with Crippen LogP contribution in [0.1, 0.15) is 39.7 Å². The molecule has 1 aliphatic heterocycles. The maximum absolute atomic E-state index is 5.91. The van der Waals surface area contributed by atoms with Gasteiger partial charge in [-0.2, -0.15) is 0 Å². The van der Waals surface area contributed by atoms with Crippen LogP contribution < -0.4 is 10.1 Å². The van der Waals surface area contributed by atoms with E-state index in [2.05, 4.69) is 63.2 Å². The first-order chi connectivity index (χ1) is 12.4. The van der Waals surface area contributed by atoms with Gasteiger partial charge in [-0.05, 0) is 36.5 Å². The summed E-state index contributed by atoms with van der Waals surface area (Å²) < 4.78 is 11.4.